The lowest BCUT2D eigenvalue weighted by atomic mass is 10.1. The molecule has 5 aromatic rings. The molecular weight excluding hydrogens is 1150 g/mol. The van der Waals surface area contributed by atoms with E-state index in [-0.39, 0.29) is 76.2 Å². The smallest absolute Gasteiger partial charge is 0.280 e. The molecule has 5 N–H and O–H groups in total. The standard InChI is InChI=1S/C57H77Cl5N8O7S2/c1-5-8-10-12-14-16-18-20-22-24-32-63-70-55(67-53-44(57(70)73)39-47(60)51(61)52(53)62)54(65-48-31-26-41(36-40(48)4)69(7-3)34-35-71)56(72)66-49-37-43(28-29-45(49)58)79(76,77)68-50-38-42(27-30-46(50)59)78(74,75)64-33-25-23-21-19-17-15-13-11-9-6-2/h26-31,36-39,63-64,68,71H,5-25,32-35H2,1-4H3,(H,66,72). The highest BCUT2D eigenvalue weighted by atomic mass is 35.5. The average molecular weight is 1230 g/mol. The molecule has 0 aliphatic heterocycles. The Balaban J connectivity index is 1.46. The van der Waals surface area contributed by atoms with Crippen molar-refractivity contribution in [3.8, 4) is 0 Å². The number of sulfonamides is 2. The van der Waals surface area contributed by atoms with E-state index < -0.39 is 37.2 Å². The zero-order valence-corrected chi connectivity index (χ0v) is 51.3. The van der Waals surface area contributed by atoms with Gasteiger partial charge in [-0.05, 0) is 92.9 Å². The van der Waals surface area contributed by atoms with Gasteiger partial charge in [-0.3, -0.25) is 14.3 Å². The normalized spacial score (nSPS) is 12.1. The van der Waals surface area contributed by atoms with Crippen LogP contribution in [0.5, 0.6) is 0 Å². The Kier molecular flexibility index (Phi) is 27.5. The first-order valence-corrected chi connectivity index (χ1v) is 32.5. The fourth-order valence-electron chi connectivity index (χ4n) is 9.02. The van der Waals surface area contributed by atoms with E-state index in [1.165, 1.54) is 94.5 Å². The third kappa shape index (κ3) is 19.5. The summed E-state index contributed by atoms with van der Waals surface area (Å²) in [5.41, 5.74) is 3.42. The summed E-state index contributed by atoms with van der Waals surface area (Å²) < 4.78 is 61.2. The molecule has 0 radical (unpaired) electrons. The van der Waals surface area contributed by atoms with E-state index in [1.54, 1.807) is 19.1 Å². The number of nitrogens with zero attached hydrogens (tertiary/aromatic N) is 4. The molecule has 0 aliphatic rings. The van der Waals surface area contributed by atoms with Gasteiger partial charge in [-0.15, -0.1) is 0 Å². The van der Waals surface area contributed by atoms with Crippen molar-refractivity contribution >= 4 is 123 Å². The number of unbranched alkanes of at least 4 members (excludes halogenated alkanes) is 18. The summed E-state index contributed by atoms with van der Waals surface area (Å²) in [6.07, 6.45) is 21.9. The molecule has 1 amide bonds. The van der Waals surface area contributed by atoms with Gasteiger partial charge in [0, 0.05) is 31.9 Å². The molecule has 0 fully saturated rings. The van der Waals surface area contributed by atoms with Crippen LogP contribution in [0.1, 0.15) is 161 Å². The van der Waals surface area contributed by atoms with Crippen LogP contribution >= 0.6 is 58.0 Å². The van der Waals surface area contributed by atoms with Crippen molar-refractivity contribution in [2.45, 2.75) is 166 Å². The number of aliphatic hydroxyl groups excluding tert-OH is 1. The van der Waals surface area contributed by atoms with Gasteiger partial charge in [-0.2, -0.15) is 0 Å². The first kappa shape index (κ1) is 65.6. The number of likely N-dealkylation sites (N-methyl/N-ethyl adjacent to an activating group) is 1. The van der Waals surface area contributed by atoms with Gasteiger partial charge in [-0.1, -0.05) is 187 Å². The number of halogens is 5. The third-order valence-electron chi connectivity index (χ3n) is 13.6. The number of amides is 1. The molecule has 434 valence electrons. The molecule has 0 atom stereocenters. The number of aromatic nitrogens is 2. The molecular formula is C57H77Cl5N8O7S2. The average Bonchev–Trinajstić information content (AvgIpc) is 3.60. The Labute approximate surface area is 492 Å². The number of aryl methyl sites for hydroxylation is 1. The van der Waals surface area contributed by atoms with Crippen molar-refractivity contribution in [1.29, 1.82) is 0 Å². The summed E-state index contributed by atoms with van der Waals surface area (Å²) in [7, 11) is -8.59. The van der Waals surface area contributed by atoms with Crippen LogP contribution in [0.2, 0.25) is 25.1 Å². The summed E-state index contributed by atoms with van der Waals surface area (Å²) in [6, 6.07) is 14.0. The van der Waals surface area contributed by atoms with Gasteiger partial charge in [0.2, 0.25) is 10.0 Å². The van der Waals surface area contributed by atoms with Gasteiger partial charge in [0.25, 0.3) is 21.5 Å². The highest BCUT2D eigenvalue weighted by Crippen LogP contribution is 2.36. The van der Waals surface area contributed by atoms with E-state index in [4.69, 9.17) is 68.0 Å². The molecule has 0 saturated carbocycles. The van der Waals surface area contributed by atoms with Crippen LogP contribution in [-0.4, -0.2) is 76.0 Å². The second-order valence-corrected chi connectivity index (χ2v) is 25.1. The fraction of sp³-hybridized carbons (Fsp3) is 0.509. The monoisotopic (exact) mass is 1220 g/mol. The van der Waals surface area contributed by atoms with Gasteiger partial charge in [0.15, 0.2) is 11.5 Å². The van der Waals surface area contributed by atoms with E-state index in [9.17, 15) is 26.7 Å². The molecule has 22 heteroatoms. The molecule has 0 spiro atoms. The molecule has 15 nitrogen and oxygen atoms in total. The predicted molar refractivity (Wildman–Crippen MR) is 329 cm³/mol. The maximum absolute atomic E-state index is 15.0. The number of aliphatic imine (C=N–C) groups is 1. The number of fused-ring (bicyclic) bond motifs is 1. The molecule has 0 bridgehead atoms. The highest BCUT2D eigenvalue weighted by molar-refractivity contribution is 7.92. The van der Waals surface area contributed by atoms with Crippen LogP contribution in [0, 0.1) is 6.92 Å². The lowest BCUT2D eigenvalue weighted by Crippen LogP contribution is -2.38. The summed E-state index contributed by atoms with van der Waals surface area (Å²) in [4.78, 5) is 40.7. The van der Waals surface area contributed by atoms with E-state index in [2.05, 4.69) is 34.0 Å². The van der Waals surface area contributed by atoms with Crippen LogP contribution in [0.15, 0.2) is 80.2 Å². The van der Waals surface area contributed by atoms with Crippen molar-refractivity contribution < 1.29 is 26.7 Å². The van der Waals surface area contributed by atoms with Crippen molar-refractivity contribution in [2.75, 3.05) is 53.2 Å². The van der Waals surface area contributed by atoms with Crippen molar-refractivity contribution in [2.24, 2.45) is 4.99 Å². The van der Waals surface area contributed by atoms with Gasteiger partial charge in [0.1, 0.15) is 0 Å². The number of hydrogen-bond donors (Lipinski definition) is 5. The number of hydrogen-bond acceptors (Lipinski definition) is 11. The summed E-state index contributed by atoms with van der Waals surface area (Å²) in [6.45, 7) is 9.57. The first-order chi connectivity index (χ1) is 37.9. The maximum atomic E-state index is 15.0. The second-order valence-electron chi connectivity index (χ2n) is 19.7. The Bertz CT molecular complexity index is 3140. The predicted octanol–water partition coefficient (Wildman–Crippen LogP) is 15.0. The van der Waals surface area contributed by atoms with Crippen LogP contribution in [-0.2, 0) is 24.8 Å². The number of aliphatic hydroxyl groups is 1. The Morgan fingerprint density at radius 1 is 0.646 bits per heavy atom. The summed E-state index contributed by atoms with van der Waals surface area (Å²) in [5.74, 6) is -1.21. The van der Waals surface area contributed by atoms with Gasteiger partial charge in [0.05, 0.1) is 69.5 Å². The molecule has 5 rings (SSSR count). The van der Waals surface area contributed by atoms with Gasteiger partial charge in [-0.25, -0.2) is 36.2 Å². The zero-order chi connectivity index (χ0) is 57.5. The number of carbonyl (C=O) groups is 1. The zero-order valence-electron chi connectivity index (χ0n) is 45.8. The van der Waals surface area contributed by atoms with Gasteiger partial charge >= 0.3 is 0 Å². The molecule has 1 aromatic heterocycles. The topological polar surface area (TPSA) is 204 Å². The van der Waals surface area contributed by atoms with Gasteiger partial charge < -0.3 is 20.7 Å². The van der Waals surface area contributed by atoms with Crippen LogP contribution in [0.3, 0.4) is 0 Å². The van der Waals surface area contributed by atoms with E-state index in [0.717, 1.165) is 73.9 Å². The number of benzene rings is 4. The van der Waals surface area contributed by atoms with E-state index in [1.807, 2.05) is 17.9 Å². The maximum Gasteiger partial charge on any atom is 0.280 e. The Hall–Kier alpha value is -4.17. The summed E-state index contributed by atoms with van der Waals surface area (Å²) >= 11 is 32.9. The van der Waals surface area contributed by atoms with Crippen LogP contribution in [0.4, 0.5) is 22.7 Å². The number of anilines is 3. The second kappa shape index (κ2) is 33.1. The SMILES string of the molecule is CCCCCCCCCCCCNn1c(C(=Nc2ccc(N(CC)CCO)cc2C)C(=O)Nc2cc(S(=O)(=O)Nc3cc(S(=O)(=O)NCCCCCCCCCCCC)ccc3Cl)ccc2Cl)nc2c(Cl)c(Cl)c(Cl)cc2c1=O. The lowest BCUT2D eigenvalue weighted by molar-refractivity contribution is -0.110. The fourth-order valence-corrected chi connectivity index (χ4v) is 12.2. The molecule has 1 heterocycles. The minimum Gasteiger partial charge on any atom is -0.395 e. The van der Waals surface area contributed by atoms with Crippen molar-refractivity contribution in [3.05, 3.63) is 108 Å². The number of nitrogens with one attached hydrogen (secondary N) is 4. The quantitative estimate of drug-likeness (QED) is 0.0146. The minimum absolute atomic E-state index is 0.0138. The third-order valence-corrected chi connectivity index (χ3v) is 18.3. The molecule has 0 saturated heterocycles. The van der Waals surface area contributed by atoms with Crippen molar-refractivity contribution in [1.82, 2.24) is 14.4 Å². The molecule has 4 aromatic carbocycles. The molecule has 0 unspecified atom stereocenters. The van der Waals surface area contributed by atoms with Crippen LogP contribution < -0.4 is 30.6 Å². The largest absolute Gasteiger partial charge is 0.395 e. The minimum atomic E-state index is -4.55. The molecule has 79 heavy (non-hydrogen) atoms. The van der Waals surface area contributed by atoms with Crippen LogP contribution in [0.25, 0.3) is 10.9 Å². The Morgan fingerprint density at radius 3 is 1.73 bits per heavy atom. The first-order valence-electron chi connectivity index (χ1n) is 27.7. The summed E-state index contributed by atoms with van der Waals surface area (Å²) in [5, 5.41) is 12.1. The number of rotatable bonds is 36. The molecule has 0 aliphatic carbocycles. The van der Waals surface area contributed by atoms with E-state index in [0.29, 0.717) is 43.7 Å². The van der Waals surface area contributed by atoms with Crippen molar-refractivity contribution in [3.63, 3.8) is 0 Å². The van der Waals surface area contributed by atoms with E-state index >= 15 is 4.79 Å². The Morgan fingerprint density at radius 2 is 1.18 bits per heavy atom. The lowest BCUT2D eigenvalue weighted by Gasteiger charge is -2.23. The number of carbonyl (C=O) groups excluding carboxylic acids is 1. The highest BCUT2D eigenvalue weighted by Gasteiger charge is 2.28.